The van der Waals surface area contributed by atoms with E-state index in [1.165, 1.54) is 0 Å². The van der Waals surface area contributed by atoms with Crippen LogP contribution >= 0.6 is 11.8 Å². The predicted molar refractivity (Wildman–Crippen MR) is 148 cm³/mol. The van der Waals surface area contributed by atoms with Crippen LogP contribution in [-0.4, -0.2) is 40.5 Å². The average molecular weight is 528 g/mol. The normalized spacial score (nSPS) is 11.6. The second-order valence-electron chi connectivity index (χ2n) is 8.67. The molecule has 0 radical (unpaired) electrons. The van der Waals surface area contributed by atoms with Gasteiger partial charge in [0, 0.05) is 28.1 Å². The summed E-state index contributed by atoms with van der Waals surface area (Å²) in [6, 6.07) is 19.2. The Labute approximate surface area is 223 Å². The first-order valence-electron chi connectivity index (χ1n) is 11.7. The number of methoxy groups -OCH3 is 2. The molecule has 2 aromatic heterocycles. The maximum absolute atomic E-state index is 12.4. The minimum Gasteiger partial charge on any atom is -0.497 e. The number of aliphatic carboxylic acids is 1. The van der Waals surface area contributed by atoms with Gasteiger partial charge in [-0.15, -0.1) is 10.2 Å². The van der Waals surface area contributed by atoms with Crippen LogP contribution in [0.2, 0.25) is 0 Å². The molecule has 0 atom stereocenters. The molecule has 2 heterocycles. The number of H-pyrrole nitrogens is 1. The Morgan fingerprint density at radius 3 is 2.34 bits per heavy atom. The first kappa shape index (κ1) is 25.2. The Hall–Kier alpha value is -4.50. The molecule has 0 unspecified atom stereocenters. The lowest BCUT2D eigenvalue weighted by atomic mass is 10.0. The number of hydrogen-bond acceptors (Lipinski definition) is 7. The second-order valence-corrected chi connectivity index (χ2v) is 9.67. The van der Waals surface area contributed by atoms with Crippen molar-refractivity contribution in [2.24, 2.45) is 0 Å². The van der Waals surface area contributed by atoms with Gasteiger partial charge in [0.25, 0.3) is 5.22 Å². The lowest BCUT2D eigenvalue weighted by Crippen LogP contribution is -1.97. The first-order valence-corrected chi connectivity index (χ1v) is 12.6. The predicted octanol–water partition coefficient (Wildman–Crippen LogP) is 6.74. The summed E-state index contributed by atoms with van der Waals surface area (Å²) in [5, 5.41) is 19.3. The van der Waals surface area contributed by atoms with Gasteiger partial charge in [0.05, 0.1) is 19.9 Å². The van der Waals surface area contributed by atoms with Crippen LogP contribution in [0.4, 0.5) is 0 Å². The van der Waals surface area contributed by atoms with E-state index in [0.717, 1.165) is 50.6 Å². The van der Waals surface area contributed by atoms with Crippen LogP contribution in [0.25, 0.3) is 39.7 Å². The molecule has 9 heteroatoms. The smallest absolute Gasteiger partial charge is 0.342 e. The Balaban J connectivity index is 1.58. The molecule has 5 aromatic rings. The lowest BCUT2D eigenvalue weighted by molar-refractivity contribution is -0.131. The molecule has 0 amide bonds. The van der Waals surface area contributed by atoms with Crippen molar-refractivity contribution in [2.45, 2.75) is 19.1 Å². The van der Waals surface area contributed by atoms with Crippen LogP contribution in [0, 0.1) is 13.8 Å². The number of ether oxygens (including phenoxy) is 2. The molecule has 3 aromatic carbocycles. The molecule has 192 valence electrons. The molecule has 38 heavy (non-hydrogen) atoms. The van der Waals surface area contributed by atoms with E-state index >= 15 is 0 Å². The molecule has 0 aliphatic carbocycles. The van der Waals surface area contributed by atoms with Gasteiger partial charge in [-0.05, 0) is 61.0 Å². The zero-order chi connectivity index (χ0) is 26.8. The highest BCUT2D eigenvalue weighted by molar-refractivity contribution is 8.03. The maximum Gasteiger partial charge on any atom is 0.342 e. The van der Waals surface area contributed by atoms with Gasteiger partial charge in [-0.25, -0.2) is 4.79 Å². The largest absolute Gasteiger partial charge is 0.497 e. The van der Waals surface area contributed by atoms with Gasteiger partial charge >= 0.3 is 5.97 Å². The van der Waals surface area contributed by atoms with Gasteiger partial charge < -0.3 is 24.0 Å². The molecule has 0 aliphatic heterocycles. The fourth-order valence-electron chi connectivity index (χ4n) is 4.31. The first-order chi connectivity index (χ1) is 18.4. The second kappa shape index (κ2) is 10.5. The molecule has 0 fully saturated rings. The fraction of sp³-hybridized carbons (Fsp3) is 0.138. The summed E-state index contributed by atoms with van der Waals surface area (Å²) in [7, 11) is 3.10. The standard InChI is InChI=1S/C29H25N3O5S/c1-16-10-17(2)25-22(11-16)23(26(30-25)18-8-6-5-7-9-18)15-24(28(33)34)38-29-32-31-27(37-29)19-12-20(35-3)14-21(13-19)36-4/h5-15,30H,1-4H3,(H,33,34)/b24-15-. The van der Waals surface area contributed by atoms with E-state index in [1.54, 1.807) is 38.5 Å². The van der Waals surface area contributed by atoms with Crippen molar-refractivity contribution in [3.8, 4) is 34.2 Å². The topological polar surface area (TPSA) is 110 Å². The van der Waals surface area contributed by atoms with E-state index in [-0.39, 0.29) is 16.0 Å². The highest BCUT2D eigenvalue weighted by atomic mass is 32.2. The van der Waals surface area contributed by atoms with Gasteiger partial charge in [0.15, 0.2) is 0 Å². The monoisotopic (exact) mass is 527 g/mol. The van der Waals surface area contributed by atoms with E-state index < -0.39 is 5.97 Å². The third kappa shape index (κ3) is 5.01. The molecule has 0 spiro atoms. The number of carboxylic acids is 1. The minimum atomic E-state index is -1.10. The van der Waals surface area contributed by atoms with Crippen LogP contribution in [0.1, 0.15) is 16.7 Å². The molecule has 8 nitrogen and oxygen atoms in total. The zero-order valence-electron chi connectivity index (χ0n) is 21.2. The number of aromatic nitrogens is 3. The molecule has 0 saturated heterocycles. The number of hydrogen-bond donors (Lipinski definition) is 2. The van der Waals surface area contributed by atoms with Crippen molar-refractivity contribution < 1.29 is 23.8 Å². The van der Waals surface area contributed by atoms with Crippen LogP contribution < -0.4 is 9.47 Å². The van der Waals surface area contributed by atoms with Crippen molar-refractivity contribution in [2.75, 3.05) is 14.2 Å². The number of nitrogens with one attached hydrogen (secondary N) is 1. The van der Waals surface area contributed by atoms with Gasteiger partial charge in [0.2, 0.25) is 5.89 Å². The van der Waals surface area contributed by atoms with E-state index in [1.807, 2.05) is 44.2 Å². The van der Waals surface area contributed by atoms with Crippen molar-refractivity contribution in [3.05, 3.63) is 82.3 Å². The van der Waals surface area contributed by atoms with Crippen molar-refractivity contribution in [1.82, 2.24) is 15.2 Å². The average Bonchev–Trinajstić information content (AvgIpc) is 3.53. The van der Waals surface area contributed by atoms with E-state index in [9.17, 15) is 9.90 Å². The van der Waals surface area contributed by atoms with Crippen LogP contribution in [0.3, 0.4) is 0 Å². The molecule has 2 N–H and O–H groups in total. The summed E-state index contributed by atoms with van der Waals surface area (Å²) >= 11 is 0.896. The van der Waals surface area contributed by atoms with Crippen molar-refractivity contribution in [1.29, 1.82) is 0 Å². The number of aryl methyl sites for hydroxylation is 2. The van der Waals surface area contributed by atoms with E-state index in [0.29, 0.717) is 17.1 Å². The Morgan fingerprint density at radius 1 is 0.974 bits per heavy atom. The summed E-state index contributed by atoms with van der Waals surface area (Å²) in [4.78, 5) is 15.9. The van der Waals surface area contributed by atoms with Crippen molar-refractivity contribution in [3.63, 3.8) is 0 Å². The van der Waals surface area contributed by atoms with E-state index in [2.05, 4.69) is 27.3 Å². The zero-order valence-corrected chi connectivity index (χ0v) is 22.1. The number of fused-ring (bicyclic) bond motifs is 1. The van der Waals surface area contributed by atoms with Crippen molar-refractivity contribution >= 4 is 34.7 Å². The number of rotatable bonds is 8. The molecular formula is C29H25N3O5S. The quantitative estimate of drug-likeness (QED) is 0.169. The van der Waals surface area contributed by atoms with Gasteiger partial charge in [0.1, 0.15) is 16.4 Å². The Bertz CT molecular complexity index is 1650. The Kier molecular flexibility index (Phi) is 6.93. The summed E-state index contributed by atoms with van der Waals surface area (Å²) < 4.78 is 16.5. The third-order valence-corrected chi connectivity index (χ3v) is 6.89. The highest BCUT2D eigenvalue weighted by Gasteiger charge is 2.20. The number of carbonyl (C=O) groups is 1. The third-order valence-electron chi connectivity index (χ3n) is 6.04. The Morgan fingerprint density at radius 2 is 1.68 bits per heavy atom. The lowest BCUT2D eigenvalue weighted by Gasteiger charge is -2.05. The summed E-state index contributed by atoms with van der Waals surface area (Å²) in [6.07, 6.45) is 1.66. The summed E-state index contributed by atoms with van der Waals surface area (Å²) in [5.74, 6) is 0.251. The number of carboxylic acid groups (broad SMARTS) is 1. The maximum atomic E-state index is 12.4. The molecule has 0 bridgehead atoms. The van der Waals surface area contributed by atoms with Gasteiger partial charge in [-0.3, -0.25) is 0 Å². The van der Waals surface area contributed by atoms with E-state index in [4.69, 9.17) is 13.9 Å². The number of nitrogens with zero attached hydrogens (tertiary/aromatic N) is 2. The summed E-state index contributed by atoms with van der Waals surface area (Å²) in [6.45, 7) is 4.06. The number of benzene rings is 3. The highest BCUT2D eigenvalue weighted by Crippen LogP contribution is 2.38. The molecule has 0 aliphatic rings. The minimum absolute atomic E-state index is 0.0423. The fourth-order valence-corrected chi connectivity index (χ4v) is 4.97. The number of aromatic amines is 1. The van der Waals surface area contributed by atoms with Crippen LogP contribution in [-0.2, 0) is 4.79 Å². The molecule has 5 rings (SSSR count). The number of thioether (sulfide) groups is 1. The van der Waals surface area contributed by atoms with Crippen LogP contribution in [0.15, 0.2) is 75.2 Å². The SMILES string of the molecule is COc1cc(OC)cc(-c2nnc(S/C(=C\c3c(-c4ccccc4)[nH]c4c(C)cc(C)cc34)C(=O)O)o2)c1. The van der Waals surface area contributed by atoms with Gasteiger partial charge in [-0.2, -0.15) is 0 Å². The van der Waals surface area contributed by atoms with Crippen LogP contribution in [0.5, 0.6) is 11.5 Å². The molecular weight excluding hydrogens is 502 g/mol. The summed E-state index contributed by atoms with van der Waals surface area (Å²) in [5.41, 5.74) is 6.29. The molecule has 0 saturated carbocycles. The van der Waals surface area contributed by atoms with Gasteiger partial charge in [-0.1, -0.05) is 42.0 Å².